The molecule has 0 amide bonds. The first kappa shape index (κ1) is 14.2. The SMILES string of the molecule is Cc1cccc(S(=O)(=O)NC(C)C(=O)O)c1C#N. The molecule has 1 atom stereocenters. The van der Waals surface area contributed by atoms with Crippen molar-refractivity contribution in [2.45, 2.75) is 24.8 Å². The van der Waals surface area contributed by atoms with Gasteiger partial charge in [0.05, 0.1) is 5.56 Å². The maximum Gasteiger partial charge on any atom is 0.321 e. The van der Waals surface area contributed by atoms with Gasteiger partial charge in [-0.15, -0.1) is 0 Å². The topological polar surface area (TPSA) is 107 Å². The second-order valence-electron chi connectivity index (χ2n) is 3.74. The van der Waals surface area contributed by atoms with Crippen molar-refractivity contribution >= 4 is 16.0 Å². The monoisotopic (exact) mass is 268 g/mol. The third-order valence-electron chi connectivity index (χ3n) is 2.34. The molecule has 0 aliphatic carbocycles. The Labute approximate surface area is 105 Å². The minimum Gasteiger partial charge on any atom is -0.480 e. The third kappa shape index (κ3) is 2.85. The molecule has 7 heteroatoms. The molecule has 0 aromatic heterocycles. The van der Waals surface area contributed by atoms with Crippen LogP contribution in [0.5, 0.6) is 0 Å². The Hall–Kier alpha value is -1.91. The Balaban J connectivity index is 3.27. The van der Waals surface area contributed by atoms with Crippen molar-refractivity contribution < 1.29 is 18.3 Å². The number of nitrogens with one attached hydrogen (secondary N) is 1. The molecule has 0 fully saturated rings. The fourth-order valence-corrected chi connectivity index (χ4v) is 2.78. The molecule has 0 radical (unpaired) electrons. The van der Waals surface area contributed by atoms with Crippen molar-refractivity contribution in [3.05, 3.63) is 29.3 Å². The predicted molar refractivity (Wildman–Crippen MR) is 63.3 cm³/mol. The highest BCUT2D eigenvalue weighted by molar-refractivity contribution is 7.89. The minimum atomic E-state index is -4.02. The zero-order valence-corrected chi connectivity index (χ0v) is 10.7. The Morgan fingerprint density at radius 2 is 2.11 bits per heavy atom. The smallest absolute Gasteiger partial charge is 0.321 e. The van der Waals surface area contributed by atoms with Gasteiger partial charge in [0.15, 0.2) is 0 Å². The summed E-state index contributed by atoms with van der Waals surface area (Å²) in [6, 6.07) is 4.92. The molecule has 0 saturated carbocycles. The van der Waals surface area contributed by atoms with Crippen LogP contribution in [0.3, 0.4) is 0 Å². The highest BCUT2D eigenvalue weighted by Gasteiger charge is 2.24. The number of carbonyl (C=O) groups is 1. The van der Waals surface area contributed by atoms with E-state index in [0.29, 0.717) is 5.56 Å². The Morgan fingerprint density at radius 3 is 2.61 bits per heavy atom. The highest BCUT2D eigenvalue weighted by Crippen LogP contribution is 2.18. The fourth-order valence-electron chi connectivity index (χ4n) is 1.35. The summed E-state index contributed by atoms with van der Waals surface area (Å²) in [4.78, 5) is 10.4. The van der Waals surface area contributed by atoms with E-state index in [0.717, 1.165) is 0 Å². The average molecular weight is 268 g/mol. The van der Waals surface area contributed by atoms with E-state index in [9.17, 15) is 13.2 Å². The van der Waals surface area contributed by atoms with Gasteiger partial charge in [0, 0.05) is 0 Å². The van der Waals surface area contributed by atoms with Crippen LogP contribution in [-0.2, 0) is 14.8 Å². The summed E-state index contributed by atoms with van der Waals surface area (Å²) in [6.07, 6.45) is 0. The second kappa shape index (κ2) is 5.16. The maximum atomic E-state index is 12.0. The van der Waals surface area contributed by atoms with Crippen molar-refractivity contribution in [3.8, 4) is 6.07 Å². The molecule has 0 aliphatic heterocycles. The summed E-state index contributed by atoms with van der Waals surface area (Å²) in [5, 5.41) is 17.6. The number of aliphatic carboxylic acids is 1. The molecule has 0 bridgehead atoms. The number of hydrogen-bond acceptors (Lipinski definition) is 4. The molecule has 0 heterocycles. The molecule has 1 aromatic carbocycles. The van der Waals surface area contributed by atoms with Gasteiger partial charge < -0.3 is 5.11 Å². The van der Waals surface area contributed by atoms with Crippen LogP contribution in [0.1, 0.15) is 18.1 Å². The molecular weight excluding hydrogens is 256 g/mol. The number of sulfonamides is 1. The summed E-state index contributed by atoms with van der Waals surface area (Å²) in [5.74, 6) is -1.29. The first-order valence-corrected chi connectivity index (χ1v) is 6.52. The van der Waals surface area contributed by atoms with Gasteiger partial charge in [-0.2, -0.15) is 9.98 Å². The Kier molecular flexibility index (Phi) is 4.06. The molecule has 0 spiro atoms. The van der Waals surface area contributed by atoms with Crippen molar-refractivity contribution in [3.63, 3.8) is 0 Å². The van der Waals surface area contributed by atoms with Crippen LogP contribution in [0.2, 0.25) is 0 Å². The molecular formula is C11H12N2O4S. The number of nitrogens with zero attached hydrogens (tertiary/aromatic N) is 1. The van der Waals surface area contributed by atoms with Crippen LogP contribution >= 0.6 is 0 Å². The summed E-state index contributed by atoms with van der Waals surface area (Å²) in [7, 11) is -4.02. The number of nitriles is 1. The Morgan fingerprint density at radius 1 is 1.50 bits per heavy atom. The van der Waals surface area contributed by atoms with E-state index in [2.05, 4.69) is 0 Å². The van der Waals surface area contributed by atoms with Gasteiger partial charge in [0.1, 0.15) is 17.0 Å². The first-order valence-electron chi connectivity index (χ1n) is 5.04. The normalized spacial score (nSPS) is 12.7. The lowest BCUT2D eigenvalue weighted by Gasteiger charge is -2.12. The van der Waals surface area contributed by atoms with Gasteiger partial charge in [-0.1, -0.05) is 12.1 Å². The van der Waals surface area contributed by atoms with E-state index in [-0.39, 0.29) is 10.5 Å². The molecule has 1 unspecified atom stereocenters. The molecule has 0 saturated heterocycles. The summed E-state index contributed by atoms with van der Waals surface area (Å²) in [6.45, 7) is 2.82. The van der Waals surface area contributed by atoms with Crippen LogP contribution in [-0.4, -0.2) is 25.5 Å². The quantitative estimate of drug-likeness (QED) is 0.832. The number of carboxylic acids is 1. The van der Waals surface area contributed by atoms with Gasteiger partial charge in [-0.25, -0.2) is 8.42 Å². The van der Waals surface area contributed by atoms with E-state index >= 15 is 0 Å². The predicted octanol–water partition coefficient (Wildman–Crippen LogP) is 0.618. The summed E-state index contributed by atoms with van der Waals surface area (Å²) < 4.78 is 25.9. The van der Waals surface area contributed by atoms with E-state index < -0.39 is 22.0 Å². The average Bonchev–Trinajstić information content (AvgIpc) is 2.27. The molecule has 18 heavy (non-hydrogen) atoms. The van der Waals surface area contributed by atoms with Gasteiger partial charge in [0.2, 0.25) is 10.0 Å². The number of hydrogen-bond donors (Lipinski definition) is 2. The molecule has 1 aromatic rings. The standard InChI is InChI=1S/C11H12N2O4S/c1-7-4-3-5-10(9(7)6-12)18(16,17)13-8(2)11(14)15/h3-5,8,13H,1-2H3,(H,14,15). The summed E-state index contributed by atoms with van der Waals surface area (Å²) in [5.41, 5.74) is 0.533. The molecule has 96 valence electrons. The van der Waals surface area contributed by atoms with Crippen LogP contribution in [0.25, 0.3) is 0 Å². The zero-order valence-electron chi connectivity index (χ0n) is 9.84. The Bertz CT molecular complexity index is 616. The van der Waals surface area contributed by atoms with Gasteiger partial charge >= 0.3 is 5.97 Å². The molecule has 6 nitrogen and oxygen atoms in total. The summed E-state index contributed by atoms with van der Waals surface area (Å²) >= 11 is 0. The number of rotatable bonds is 4. The fraction of sp³-hybridized carbons (Fsp3) is 0.273. The van der Waals surface area contributed by atoms with Gasteiger partial charge in [0.25, 0.3) is 0 Å². The number of benzene rings is 1. The van der Waals surface area contributed by atoms with Gasteiger partial charge in [-0.05, 0) is 25.5 Å². The van der Waals surface area contributed by atoms with Crippen molar-refractivity contribution in [2.24, 2.45) is 0 Å². The third-order valence-corrected chi connectivity index (χ3v) is 3.92. The van der Waals surface area contributed by atoms with Crippen molar-refractivity contribution in [1.82, 2.24) is 4.72 Å². The lowest BCUT2D eigenvalue weighted by molar-refractivity contribution is -0.138. The number of carboxylic acid groups (broad SMARTS) is 1. The van der Waals surface area contributed by atoms with Crippen LogP contribution in [0.4, 0.5) is 0 Å². The largest absolute Gasteiger partial charge is 0.480 e. The minimum absolute atomic E-state index is 0.0163. The van der Waals surface area contributed by atoms with Crippen LogP contribution < -0.4 is 4.72 Å². The lowest BCUT2D eigenvalue weighted by atomic mass is 10.1. The molecule has 0 aliphatic rings. The van der Waals surface area contributed by atoms with Crippen molar-refractivity contribution in [2.75, 3.05) is 0 Å². The maximum absolute atomic E-state index is 12.0. The second-order valence-corrected chi connectivity index (χ2v) is 5.42. The number of aryl methyl sites for hydroxylation is 1. The van der Waals surface area contributed by atoms with E-state index in [4.69, 9.17) is 10.4 Å². The van der Waals surface area contributed by atoms with Gasteiger partial charge in [-0.3, -0.25) is 4.79 Å². The first-order chi connectivity index (χ1) is 8.29. The van der Waals surface area contributed by atoms with E-state index in [1.54, 1.807) is 19.1 Å². The molecule has 1 rings (SSSR count). The van der Waals surface area contributed by atoms with E-state index in [1.807, 2.05) is 4.72 Å². The lowest BCUT2D eigenvalue weighted by Crippen LogP contribution is -2.38. The van der Waals surface area contributed by atoms with Crippen LogP contribution in [0, 0.1) is 18.3 Å². The van der Waals surface area contributed by atoms with E-state index in [1.165, 1.54) is 19.1 Å². The zero-order chi connectivity index (χ0) is 13.9. The van der Waals surface area contributed by atoms with Crippen molar-refractivity contribution in [1.29, 1.82) is 5.26 Å². The van der Waals surface area contributed by atoms with Crippen LogP contribution in [0.15, 0.2) is 23.1 Å². The molecule has 2 N–H and O–H groups in total. The highest BCUT2D eigenvalue weighted by atomic mass is 32.2.